The second kappa shape index (κ2) is 3.29. The molecule has 0 heterocycles. The van der Waals surface area contributed by atoms with Crippen LogP contribution >= 0.6 is 0 Å². The SMILES string of the molecule is O=S(=O)(c1cccc(O)c1)C(F)F. The molecule has 0 aliphatic heterocycles. The molecule has 0 saturated carbocycles. The molecule has 0 bridgehead atoms. The molecule has 1 rings (SSSR count). The molecule has 0 aromatic heterocycles. The zero-order valence-corrected chi connectivity index (χ0v) is 7.13. The first kappa shape index (κ1) is 9.91. The predicted molar refractivity (Wildman–Crippen MR) is 41.3 cm³/mol. The summed E-state index contributed by atoms with van der Waals surface area (Å²) >= 11 is 0. The van der Waals surface area contributed by atoms with Crippen LogP contribution in [0.5, 0.6) is 5.75 Å². The fraction of sp³-hybridized carbons (Fsp3) is 0.143. The highest BCUT2D eigenvalue weighted by Crippen LogP contribution is 2.21. The number of halogens is 2. The molecule has 0 unspecified atom stereocenters. The van der Waals surface area contributed by atoms with E-state index in [1.807, 2.05) is 0 Å². The van der Waals surface area contributed by atoms with Crippen molar-refractivity contribution in [2.45, 2.75) is 10.7 Å². The molecule has 3 nitrogen and oxygen atoms in total. The maximum absolute atomic E-state index is 12.0. The number of alkyl halides is 2. The lowest BCUT2D eigenvalue weighted by Crippen LogP contribution is -2.10. The van der Waals surface area contributed by atoms with Gasteiger partial charge in [0.1, 0.15) is 5.75 Å². The Morgan fingerprint density at radius 2 is 1.92 bits per heavy atom. The van der Waals surface area contributed by atoms with Gasteiger partial charge in [-0.05, 0) is 18.2 Å². The Kier molecular flexibility index (Phi) is 2.51. The van der Waals surface area contributed by atoms with E-state index in [2.05, 4.69) is 0 Å². The van der Waals surface area contributed by atoms with Crippen LogP contribution in [-0.4, -0.2) is 19.3 Å². The average molecular weight is 208 g/mol. The summed E-state index contributed by atoms with van der Waals surface area (Å²) in [6.07, 6.45) is 0. The van der Waals surface area contributed by atoms with E-state index in [-0.39, 0.29) is 5.75 Å². The molecule has 1 aromatic carbocycles. The van der Waals surface area contributed by atoms with Gasteiger partial charge in [0.15, 0.2) is 0 Å². The number of phenolic OH excluding ortho intramolecular Hbond substituents is 1. The van der Waals surface area contributed by atoms with Crippen LogP contribution in [0.15, 0.2) is 29.2 Å². The van der Waals surface area contributed by atoms with Crippen LogP contribution < -0.4 is 0 Å². The molecule has 0 fully saturated rings. The lowest BCUT2D eigenvalue weighted by Gasteiger charge is -2.02. The molecule has 0 spiro atoms. The van der Waals surface area contributed by atoms with E-state index in [1.54, 1.807) is 0 Å². The van der Waals surface area contributed by atoms with Crippen molar-refractivity contribution in [3.63, 3.8) is 0 Å². The van der Waals surface area contributed by atoms with Crippen LogP contribution in [0, 0.1) is 0 Å². The molecule has 72 valence electrons. The summed E-state index contributed by atoms with van der Waals surface area (Å²) in [6, 6.07) is 4.16. The van der Waals surface area contributed by atoms with Crippen molar-refractivity contribution in [1.82, 2.24) is 0 Å². The number of aromatic hydroxyl groups is 1. The standard InChI is InChI=1S/C7H6F2O3S/c8-7(9)13(11,12)6-3-1-2-5(10)4-6/h1-4,7,10H. The Morgan fingerprint density at radius 1 is 1.31 bits per heavy atom. The summed E-state index contributed by atoms with van der Waals surface area (Å²) in [5.41, 5.74) is 0. The first-order chi connectivity index (χ1) is 5.94. The first-order valence-corrected chi connectivity index (χ1v) is 4.80. The summed E-state index contributed by atoms with van der Waals surface area (Å²) < 4.78 is 45.6. The van der Waals surface area contributed by atoms with E-state index in [0.29, 0.717) is 0 Å². The predicted octanol–water partition coefficient (Wildman–Crippen LogP) is 1.39. The van der Waals surface area contributed by atoms with E-state index >= 15 is 0 Å². The van der Waals surface area contributed by atoms with Gasteiger partial charge in [-0.3, -0.25) is 0 Å². The van der Waals surface area contributed by atoms with Crippen molar-refractivity contribution >= 4 is 9.84 Å². The van der Waals surface area contributed by atoms with Crippen LogP contribution in [-0.2, 0) is 9.84 Å². The van der Waals surface area contributed by atoms with E-state index in [9.17, 15) is 17.2 Å². The average Bonchev–Trinajstić information content (AvgIpc) is 2.04. The number of phenols is 1. The second-order valence-corrected chi connectivity index (χ2v) is 4.22. The highest BCUT2D eigenvalue weighted by Gasteiger charge is 2.26. The number of hydrogen-bond donors (Lipinski definition) is 1. The van der Waals surface area contributed by atoms with Gasteiger partial charge in [0.25, 0.3) is 0 Å². The summed E-state index contributed by atoms with van der Waals surface area (Å²) in [4.78, 5) is -0.581. The van der Waals surface area contributed by atoms with Crippen LogP contribution in [0.4, 0.5) is 8.78 Å². The van der Waals surface area contributed by atoms with Crippen LogP contribution in [0.3, 0.4) is 0 Å². The zero-order valence-electron chi connectivity index (χ0n) is 6.31. The Hall–Kier alpha value is -1.17. The molecule has 0 aliphatic carbocycles. The van der Waals surface area contributed by atoms with Crippen LogP contribution in [0.2, 0.25) is 0 Å². The zero-order chi connectivity index (χ0) is 10.1. The van der Waals surface area contributed by atoms with Crippen molar-refractivity contribution in [3.8, 4) is 5.75 Å². The number of rotatable bonds is 2. The molecular formula is C7H6F2O3S. The van der Waals surface area contributed by atoms with Gasteiger partial charge >= 0.3 is 5.76 Å². The van der Waals surface area contributed by atoms with Crippen molar-refractivity contribution in [1.29, 1.82) is 0 Å². The largest absolute Gasteiger partial charge is 0.508 e. The van der Waals surface area contributed by atoms with Crippen molar-refractivity contribution in [3.05, 3.63) is 24.3 Å². The maximum Gasteiger partial charge on any atom is 0.341 e. The van der Waals surface area contributed by atoms with Crippen molar-refractivity contribution in [2.75, 3.05) is 0 Å². The van der Waals surface area contributed by atoms with Gasteiger partial charge < -0.3 is 5.11 Å². The molecule has 1 aromatic rings. The molecule has 0 amide bonds. The minimum Gasteiger partial charge on any atom is -0.508 e. The van der Waals surface area contributed by atoms with Gasteiger partial charge in [0.2, 0.25) is 9.84 Å². The Labute approximate surface area is 73.5 Å². The second-order valence-electron chi connectivity index (χ2n) is 2.30. The first-order valence-electron chi connectivity index (χ1n) is 3.25. The Morgan fingerprint density at radius 3 is 2.38 bits per heavy atom. The van der Waals surface area contributed by atoms with Gasteiger partial charge in [0.05, 0.1) is 4.90 Å². The highest BCUT2D eigenvalue weighted by atomic mass is 32.2. The van der Waals surface area contributed by atoms with Gasteiger partial charge in [-0.1, -0.05) is 6.07 Å². The number of sulfone groups is 1. The third-order valence-electron chi connectivity index (χ3n) is 1.38. The number of hydrogen-bond acceptors (Lipinski definition) is 3. The van der Waals surface area contributed by atoms with Crippen molar-refractivity contribution < 1.29 is 22.3 Å². The lowest BCUT2D eigenvalue weighted by molar-refractivity contribution is 0.234. The molecule has 1 N–H and O–H groups in total. The summed E-state index contributed by atoms with van der Waals surface area (Å²) in [5, 5.41) is 8.85. The fourth-order valence-electron chi connectivity index (χ4n) is 0.763. The monoisotopic (exact) mass is 208 g/mol. The van der Waals surface area contributed by atoms with Crippen LogP contribution in [0.1, 0.15) is 0 Å². The fourth-order valence-corrected chi connectivity index (χ4v) is 1.52. The lowest BCUT2D eigenvalue weighted by atomic mass is 10.3. The third kappa shape index (κ3) is 1.95. The van der Waals surface area contributed by atoms with Gasteiger partial charge in [-0.25, -0.2) is 8.42 Å². The molecule has 0 radical (unpaired) electrons. The molecule has 13 heavy (non-hydrogen) atoms. The summed E-state index contributed by atoms with van der Waals surface area (Å²) in [7, 11) is -4.59. The highest BCUT2D eigenvalue weighted by molar-refractivity contribution is 7.91. The molecule has 0 atom stereocenters. The molecule has 0 saturated heterocycles. The molecule has 0 aliphatic rings. The number of benzene rings is 1. The topological polar surface area (TPSA) is 54.4 Å². The van der Waals surface area contributed by atoms with Crippen molar-refractivity contribution in [2.24, 2.45) is 0 Å². The van der Waals surface area contributed by atoms with Gasteiger partial charge in [-0.2, -0.15) is 8.78 Å². The van der Waals surface area contributed by atoms with E-state index in [1.165, 1.54) is 12.1 Å². The smallest absolute Gasteiger partial charge is 0.341 e. The quantitative estimate of drug-likeness (QED) is 0.798. The minimum absolute atomic E-state index is 0.360. The Balaban J connectivity index is 3.24. The van der Waals surface area contributed by atoms with E-state index < -0.39 is 20.5 Å². The summed E-state index contributed by atoms with van der Waals surface area (Å²) in [6.45, 7) is 0. The maximum atomic E-state index is 12.0. The third-order valence-corrected chi connectivity index (χ3v) is 2.76. The van der Waals surface area contributed by atoms with Crippen LogP contribution in [0.25, 0.3) is 0 Å². The normalized spacial score (nSPS) is 11.9. The summed E-state index contributed by atoms with van der Waals surface area (Å²) in [5.74, 6) is -3.82. The molecule has 6 heteroatoms. The van der Waals surface area contributed by atoms with Gasteiger partial charge in [0, 0.05) is 0 Å². The van der Waals surface area contributed by atoms with Gasteiger partial charge in [-0.15, -0.1) is 0 Å². The molecular weight excluding hydrogens is 202 g/mol. The minimum atomic E-state index is -4.59. The Bertz CT molecular complexity index is 400. The van der Waals surface area contributed by atoms with E-state index in [4.69, 9.17) is 5.11 Å². The van der Waals surface area contributed by atoms with E-state index in [0.717, 1.165) is 12.1 Å².